The highest BCUT2D eigenvalue weighted by Crippen LogP contribution is 2.15. The van der Waals surface area contributed by atoms with Crippen LogP contribution in [-0.2, 0) is 9.78 Å². The second-order valence-electron chi connectivity index (χ2n) is 7.66. The zero-order valence-corrected chi connectivity index (χ0v) is 15.8. The standard InChI is InChI=1S/C21H42O2/c1-21-18-16-14-12-10-8-6-4-2-3-5-7-9-11-13-15-17-19-22-23-20-21/h21H,2-20H2,1H3. The first-order chi connectivity index (χ1) is 11.4. The van der Waals surface area contributed by atoms with Crippen molar-refractivity contribution in [1.82, 2.24) is 0 Å². The SMILES string of the molecule is CC1CCCCCCCCCCCCCCCCCCOOC1. The zero-order valence-electron chi connectivity index (χ0n) is 15.8. The maximum absolute atomic E-state index is 5.36. The summed E-state index contributed by atoms with van der Waals surface area (Å²) in [6, 6.07) is 0. The Balaban J connectivity index is 2.07. The van der Waals surface area contributed by atoms with E-state index < -0.39 is 0 Å². The van der Waals surface area contributed by atoms with Crippen LogP contribution in [0.15, 0.2) is 0 Å². The van der Waals surface area contributed by atoms with Crippen molar-refractivity contribution in [3.8, 4) is 0 Å². The summed E-state index contributed by atoms with van der Waals surface area (Å²) in [6.07, 6.45) is 23.7. The minimum Gasteiger partial charge on any atom is -0.237 e. The molecular weight excluding hydrogens is 284 g/mol. The summed E-state index contributed by atoms with van der Waals surface area (Å²) in [7, 11) is 0. The predicted octanol–water partition coefficient (Wildman–Crippen LogP) is 7.22. The largest absolute Gasteiger partial charge is 0.237 e. The van der Waals surface area contributed by atoms with Crippen molar-refractivity contribution in [1.29, 1.82) is 0 Å². The van der Waals surface area contributed by atoms with Crippen LogP contribution >= 0.6 is 0 Å². The first kappa shape index (κ1) is 21.0. The molecule has 1 saturated heterocycles. The van der Waals surface area contributed by atoms with E-state index >= 15 is 0 Å². The maximum Gasteiger partial charge on any atom is 0.0847 e. The second-order valence-corrected chi connectivity index (χ2v) is 7.66. The summed E-state index contributed by atoms with van der Waals surface area (Å²) in [5.74, 6) is 0.632. The Morgan fingerprint density at radius 1 is 0.478 bits per heavy atom. The lowest BCUT2D eigenvalue weighted by Gasteiger charge is -2.11. The fourth-order valence-corrected chi connectivity index (χ4v) is 3.44. The molecule has 0 saturated carbocycles. The van der Waals surface area contributed by atoms with E-state index in [4.69, 9.17) is 9.78 Å². The van der Waals surface area contributed by atoms with Gasteiger partial charge in [0.2, 0.25) is 0 Å². The Hall–Kier alpha value is -0.0800. The van der Waals surface area contributed by atoms with Gasteiger partial charge in [-0.3, -0.25) is 0 Å². The fourth-order valence-electron chi connectivity index (χ4n) is 3.44. The summed E-state index contributed by atoms with van der Waals surface area (Å²) >= 11 is 0. The third kappa shape index (κ3) is 15.2. The normalized spacial score (nSPS) is 26.7. The van der Waals surface area contributed by atoms with E-state index in [-0.39, 0.29) is 0 Å². The summed E-state index contributed by atoms with van der Waals surface area (Å²) in [5, 5.41) is 0. The first-order valence-electron chi connectivity index (χ1n) is 10.6. The van der Waals surface area contributed by atoms with Crippen molar-refractivity contribution in [3.63, 3.8) is 0 Å². The van der Waals surface area contributed by atoms with Crippen LogP contribution in [0.1, 0.15) is 116 Å². The Kier molecular flexibility index (Phi) is 15.3. The van der Waals surface area contributed by atoms with Gasteiger partial charge in [-0.2, -0.15) is 0 Å². The van der Waals surface area contributed by atoms with Gasteiger partial charge in [0.25, 0.3) is 0 Å². The van der Waals surface area contributed by atoms with Crippen LogP contribution in [0.3, 0.4) is 0 Å². The summed E-state index contributed by atoms with van der Waals surface area (Å²) in [6.45, 7) is 3.81. The van der Waals surface area contributed by atoms with Crippen LogP contribution in [0.4, 0.5) is 0 Å². The van der Waals surface area contributed by atoms with E-state index in [9.17, 15) is 0 Å². The average Bonchev–Trinajstić information content (AvgIpc) is 2.55. The lowest BCUT2D eigenvalue weighted by atomic mass is 10.0. The molecule has 1 unspecified atom stereocenters. The van der Waals surface area contributed by atoms with Crippen molar-refractivity contribution in [3.05, 3.63) is 0 Å². The van der Waals surface area contributed by atoms with E-state index in [1.54, 1.807) is 0 Å². The van der Waals surface area contributed by atoms with Crippen LogP contribution in [0.25, 0.3) is 0 Å². The molecule has 2 heteroatoms. The molecule has 138 valence electrons. The second kappa shape index (κ2) is 16.8. The maximum atomic E-state index is 5.36. The molecule has 0 radical (unpaired) electrons. The van der Waals surface area contributed by atoms with Crippen LogP contribution in [0.2, 0.25) is 0 Å². The van der Waals surface area contributed by atoms with Crippen molar-refractivity contribution >= 4 is 0 Å². The van der Waals surface area contributed by atoms with Crippen LogP contribution in [-0.4, -0.2) is 13.2 Å². The van der Waals surface area contributed by atoms with Gasteiger partial charge >= 0.3 is 0 Å². The molecular formula is C21H42O2. The Labute approximate surface area is 145 Å². The third-order valence-electron chi connectivity index (χ3n) is 5.11. The number of hydrogen-bond acceptors (Lipinski definition) is 2. The average molecular weight is 327 g/mol. The van der Waals surface area contributed by atoms with Gasteiger partial charge in [-0.15, -0.1) is 0 Å². The van der Waals surface area contributed by atoms with Crippen molar-refractivity contribution in [2.24, 2.45) is 5.92 Å². The molecule has 0 N–H and O–H groups in total. The van der Waals surface area contributed by atoms with Gasteiger partial charge in [-0.1, -0.05) is 103 Å². The molecule has 1 rings (SSSR count). The number of rotatable bonds is 0. The van der Waals surface area contributed by atoms with Crippen molar-refractivity contribution in [2.75, 3.05) is 13.2 Å². The molecule has 2 nitrogen and oxygen atoms in total. The zero-order chi connectivity index (χ0) is 16.4. The molecule has 1 aliphatic rings. The highest BCUT2D eigenvalue weighted by atomic mass is 17.2. The molecule has 0 bridgehead atoms. The highest BCUT2D eigenvalue weighted by Gasteiger charge is 2.03. The van der Waals surface area contributed by atoms with Crippen LogP contribution in [0.5, 0.6) is 0 Å². The van der Waals surface area contributed by atoms with Gasteiger partial charge in [0, 0.05) is 0 Å². The lowest BCUT2D eigenvalue weighted by Crippen LogP contribution is -2.07. The molecule has 0 aliphatic carbocycles. The first-order valence-corrected chi connectivity index (χ1v) is 10.6. The Morgan fingerprint density at radius 2 is 0.870 bits per heavy atom. The van der Waals surface area contributed by atoms with Gasteiger partial charge < -0.3 is 0 Å². The minimum atomic E-state index is 0.632. The van der Waals surface area contributed by atoms with E-state index in [1.165, 1.54) is 103 Å². The van der Waals surface area contributed by atoms with Crippen molar-refractivity contribution < 1.29 is 9.78 Å². The van der Waals surface area contributed by atoms with E-state index in [0.717, 1.165) is 19.6 Å². The van der Waals surface area contributed by atoms with Gasteiger partial charge in [0.15, 0.2) is 0 Å². The molecule has 0 aromatic carbocycles. The van der Waals surface area contributed by atoms with Crippen LogP contribution in [0, 0.1) is 5.92 Å². The van der Waals surface area contributed by atoms with Gasteiger partial charge in [-0.25, -0.2) is 9.78 Å². The molecule has 0 aromatic heterocycles. The molecule has 0 aromatic rings. The highest BCUT2D eigenvalue weighted by molar-refractivity contribution is 4.53. The smallest absolute Gasteiger partial charge is 0.0847 e. The summed E-state index contributed by atoms with van der Waals surface area (Å²) in [4.78, 5) is 10.7. The van der Waals surface area contributed by atoms with E-state index in [1.807, 2.05) is 0 Å². The third-order valence-corrected chi connectivity index (χ3v) is 5.11. The van der Waals surface area contributed by atoms with E-state index in [2.05, 4.69) is 6.92 Å². The van der Waals surface area contributed by atoms with Gasteiger partial charge in [-0.05, 0) is 18.8 Å². The molecule has 1 aliphatic heterocycles. The summed E-state index contributed by atoms with van der Waals surface area (Å²) in [5.41, 5.74) is 0. The summed E-state index contributed by atoms with van der Waals surface area (Å²) < 4.78 is 0. The van der Waals surface area contributed by atoms with Crippen molar-refractivity contribution in [2.45, 2.75) is 116 Å². The molecule has 1 heterocycles. The topological polar surface area (TPSA) is 18.5 Å². The molecule has 0 spiro atoms. The van der Waals surface area contributed by atoms with Gasteiger partial charge in [0.05, 0.1) is 13.2 Å². The Bertz CT molecular complexity index is 208. The van der Waals surface area contributed by atoms with E-state index in [0.29, 0.717) is 5.92 Å². The lowest BCUT2D eigenvalue weighted by molar-refractivity contribution is -0.301. The molecule has 0 amide bonds. The molecule has 1 fully saturated rings. The monoisotopic (exact) mass is 326 g/mol. The fraction of sp³-hybridized carbons (Fsp3) is 1.00. The predicted molar refractivity (Wildman–Crippen MR) is 99.6 cm³/mol. The number of hydrogen-bond donors (Lipinski definition) is 0. The Morgan fingerprint density at radius 3 is 1.35 bits per heavy atom. The molecule has 1 atom stereocenters. The molecule has 23 heavy (non-hydrogen) atoms. The van der Waals surface area contributed by atoms with Crippen LogP contribution < -0.4 is 0 Å². The minimum absolute atomic E-state index is 0.632. The quantitative estimate of drug-likeness (QED) is 0.438. The van der Waals surface area contributed by atoms with Gasteiger partial charge in [0.1, 0.15) is 0 Å².